The molecule has 2 aliphatic rings. The predicted molar refractivity (Wildman–Crippen MR) is 169 cm³/mol. The van der Waals surface area contributed by atoms with Gasteiger partial charge in [-0.05, 0) is 81.2 Å². The lowest BCUT2D eigenvalue weighted by atomic mass is 9.84. The summed E-state index contributed by atoms with van der Waals surface area (Å²) < 4.78 is 35.8. The number of allylic oxidation sites excluding steroid dienone is 1. The van der Waals surface area contributed by atoms with Crippen LogP contribution in [0.2, 0.25) is 0 Å². The van der Waals surface area contributed by atoms with Gasteiger partial charge in [-0.15, -0.1) is 0 Å². The van der Waals surface area contributed by atoms with Crippen molar-refractivity contribution >= 4 is 11.6 Å². The third kappa shape index (κ3) is 6.15. The van der Waals surface area contributed by atoms with Gasteiger partial charge in [-0.3, -0.25) is 14.3 Å². The first-order chi connectivity index (χ1) is 21.6. The van der Waals surface area contributed by atoms with Crippen LogP contribution in [0.15, 0.2) is 77.9 Å². The minimum atomic E-state index is -0.687. The van der Waals surface area contributed by atoms with Crippen molar-refractivity contribution in [3.63, 3.8) is 0 Å². The number of carbonyl (C=O) groups excluding carboxylic acids is 1. The first-order valence-corrected chi connectivity index (χ1v) is 15.2. The Morgan fingerprint density at radius 2 is 1.96 bits per heavy atom. The fraction of sp³-hybridized carbons (Fsp3) is 0.343. The number of rotatable bonds is 9. The Hall–Kier alpha value is -4.70. The molecule has 2 aromatic carbocycles. The molecule has 0 radical (unpaired) electrons. The standard InChI is InChI=1S/C35H37FN4O5/c1-22(18-25-12-14-35(20-25)15-17-43-21-35)44-33-23(2)29(13-16-37-33)45-30-11-10-26(19-28(30)36)38-32(41)31-24(3)39(4)40(34(31)42)27-8-6-5-7-9-27/h5-11,13,16,19,25H,1,12,14-15,17-18,20-21H2,2-4H3,(H,38,41). The summed E-state index contributed by atoms with van der Waals surface area (Å²) >= 11 is 0. The van der Waals surface area contributed by atoms with E-state index in [4.69, 9.17) is 14.2 Å². The van der Waals surface area contributed by atoms with E-state index in [-0.39, 0.29) is 17.0 Å². The van der Waals surface area contributed by atoms with Gasteiger partial charge >= 0.3 is 0 Å². The molecule has 2 atom stereocenters. The van der Waals surface area contributed by atoms with Gasteiger partial charge in [0.05, 0.1) is 29.3 Å². The maximum atomic E-state index is 15.2. The van der Waals surface area contributed by atoms with E-state index in [0.29, 0.717) is 45.7 Å². The van der Waals surface area contributed by atoms with E-state index in [1.54, 1.807) is 50.0 Å². The van der Waals surface area contributed by atoms with Crippen LogP contribution in [0.5, 0.6) is 17.4 Å². The lowest BCUT2D eigenvalue weighted by Gasteiger charge is -2.21. The number of para-hydroxylation sites is 1. The highest BCUT2D eigenvalue weighted by atomic mass is 19.1. The number of aromatic nitrogens is 3. The number of halogens is 1. The molecule has 1 spiro atoms. The van der Waals surface area contributed by atoms with Crippen LogP contribution in [0.3, 0.4) is 0 Å². The summed E-state index contributed by atoms with van der Waals surface area (Å²) in [4.78, 5) is 30.7. The Morgan fingerprint density at radius 3 is 2.69 bits per heavy atom. The molecule has 6 rings (SSSR count). The Bertz CT molecular complexity index is 1810. The molecular weight excluding hydrogens is 575 g/mol. The summed E-state index contributed by atoms with van der Waals surface area (Å²) in [6, 6.07) is 14.8. The van der Waals surface area contributed by atoms with Crippen molar-refractivity contribution in [1.82, 2.24) is 14.3 Å². The molecule has 2 fully saturated rings. The average Bonchev–Trinajstić information content (AvgIpc) is 3.70. The SMILES string of the molecule is C=C(CC1CCC2(CCOC2)C1)Oc1nccc(Oc2ccc(NC(=O)c3c(C)n(C)n(-c4ccccc4)c3=O)cc2F)c1C. The minimum Gasteiger partial charge on any atom is -0.454 e. The van der Waals surface area contributed by atoms with Crippen molar-refractivity contribution in [2.75, 3.05) is 18.5 Å². The molecule has 1 aliphatic heterocycles. The van der Waals surface area contributed by atoms with Gasteiger partial charge in [-0.2, -0.15) is 0 Å². The highest BCUT2D eigenvalue weighted by Gasteiger charge is 2.42. The fourth-order valence-electron chi connectivity index (χ4n) is 6.53. The van der Waals surface area contributed by atoms with Gasteiger partial charge in [-0.25, -0.2) is 14.1 Å². The largest absolute Gasteiger partial charge is 0.454 e. The number of hydrogen-bond acceptors (Lipinski definition) is 6. The quantitative estimate of drug-likeness (QED) is 0.208. The first-order valence-electron chi connectivity index (χ1n) is 15.2. The molecule has 1 N–H and O–H groups in total. The van der Waals surface area contributed by atoms with E-state index in [1.807, 2.05) is 18.2 Å². The van der Waals surface area contributed by atoms with Crippen molar-refractivity contribution in [2.45, 2.75) is 46.0 Å². The second-order valence-corrected chi connectivity index (χ2v) is 12.1. The summed E-state index contributed by atoms with van der Waals surface area (Å²) in [6.07, 6.45) is 6.86. The molecule has 2 unspecified atom stereocenters. The fourth-order valence-corrected chi connectivity index (χ4v) is 6.53. The molecule has 10 heteroatoms. The van der Waals surface area contributed by atoms with Gasteiger partial charge < -0.3 is 19.5 Å². The average molecular weight is 613 g/mol. The molecule has 1 aliphatic carbocycles. The Kier molecular flexibility index (Phi) is 8.33. The van der Waals surface area contributed by atoms with Crippen molar-refractivity contribution in [1.29, 1.82) is 0 Å². The number of hydrogen-bond donors (Lipinski definition) is 1. The molecule has 0 bridgehead atoms. The maximum absolute atomic E-state index is 15.2. The topological polar surface area (TPSA) is 96.6 Å². The highest BCUT2D eigenvalue weighted by Crippen LogP contribution is 2.49. The summed E-state index contributed by atoms with van der Waals surface area (Å²) in [5.74, 6) is 0.526. The van der Waals surface area contributed by atoms with Crippen molar-refractivity contribution in [2.24, 2.45) is 18.4 Å². The van der Waals surface area contributed by atoms with Gasteiger partial charge in [0.1, 0.15) is 11.3 Å². The second kappa shape index (κ2) is 12.4. The monoisotopic (exact) mass is 612 g/mol. The lowest BCUT2D eigenvalue weighted by Crippen LogP contribution is -2.25. The van der Waals surface area contributed by atoms with Gasteiger partial charge in [0, 0.05) is 38.0 Å². The van der Waals surface area contributed by atoms with Crippen LogP contribution in [0.4, 0.5) is 10.1 Å². The minimum absolute atomic E-state index is 0.0244. The Morgan fingerprint density at radius 1 is 1.16 bits per heavy atom. The number of ether oxygens (including phenoxy) is 3. The molecule has 9 nitrogen and oxygen atoms in total. The van der Waals surface area contributed by atoms with E-state index in [1.165, 1.54) is 23.2 Å². The van der Waals surface area contributed by atoms with Crippen LogP contribution in [-0.2, 0) is 11.8 Å². The Balaban J connectivity index is 1.11. The predicted octanol–water partition coefficient (Wildman–Crippen LogP) is 6.86. The zero-order valence-electron chi connectivity index (χ0n) is 25.8. The molecule has 4 aromatic rings. The van der Waals surface area contributed by atoms with Gasteiger partial charge in [0.25, 0.3) is 11.5 Å². The Labute approximate surface area is 261 Å². The normalized spacial score (nSPS) is 19.2. The number of benzene rings is 2. The van der Waals surface area contributed by atoms with E-state index in [2.05, 4.69) is 16.9 Å². The molecular formula is C35H37FN4O5. The van der Waals surface area contributed by atoms with Crippen LogP contribution < -0.4 is 20.3 Å². The number of nitrogens with zero attached hydrogens (tertiary/aromatic N) is 3. The molecule has 1 saturated heterocycles. The lowest BCUT2D eigenvalue weighted by molar-refractivity contribution is 0.102. The van der Waals surface area contributed by atoms with E-state index < -0.39 is 17.3 Å². The molecule has 1 saturated carbocycles. The van der Waals surface area contributed by atoms with Crippen molar-refractivity contribution < 1.29 is 23.4 Å². The van der Waals surface area contributed by atoms with Crippen LogP contribution in [0, 0.1) is 31.0 Å². The number of nitrogens with one attached hydrogen (secondary N) is 1. The molecule has 45 heavy (non-hydrogen) atoms. The first kappa shape index (κ1) is 30.3. The van der Waals surface area contributed by atoms with E-state index >= 15 is 4.39 Å². The summed E-state index contributed by atoms with van der Waals surface area (Å²) in [5.41, 5.74) is 1.73. The molecule has 1 amide bonds. The van der Waals surface area contributed by atoms with Gasteiger partial charge in [0.2, 0.25) is 5.88 Å². The summed E-state index contributed by atoms with van der Waals surface area (Å²) in [7, 11) is 1.70. The molecule has 2 aromatic heterocycles. The van der Waals surface area contributed by atoms with Crippen molar-refractivity contribution in [3.05, 3.63) is 106 Å². The van der Waals surface area contributed by atoms with Crippen LogP contribution in [0.1, 0.15) is 53.7 Å². The molecule has 3 heterocycles. The number of carbonyl (C=O) groups is 1. The summed E-state index contributed by atoms with van der Waals surface area (Å²) in [5, 5.41) is 2.64. The van der Waals surface area contributed by atoms with Gasteiger partial charge in [0.15, 0.2) is 11.6 Å². The zero-order chi connectivity index (χ0) is 31.7. The van der Waals surface area contributed by atoms with E-state index in [9.17, 15) is 9.59 Å². The van der Waals surface area contributed by atoms with Crippen LogP contribution in [-0.4, -0.2) is 33.5 Å². The highest BCUT2D eigenvalue weighted by molar-refractivity contribution is 6.05. The molecule has 234 valence electrons. The van der Waals surface area contributed by atoms with Gasteiger partial charge in [-0.1, -0.05) is 24.8 Å². The maximum Gasteiger partial charge on any atom is 0.284 e. The smallest absolute Gasteiger partial charge is 0.284 e. The zero-order valence-corrected chi connectivity index (χ0v) is 25.8. The number of amides is 1. The number of pyridine rings is 1. The van der Waals surface area contributed by atoms with Crippen molar-refractivity contribution in [3.8, 4) is 23.1 Å². The van der Waals surface area contributed by atoms with Crippen LogP contribution in [0.25, 0.3) is 5.69 Å². The van der Waals surface area contributed by atoms with E-state index in [0.717, 1.165) is 45.0 Å². The third-order valence-corrected chi connectivity index (χ3v) is 9.05. The number of anilines is 1. The summed E-state index contributed by atoms with van der Waals surface area (Å²) in [6.45, 7) is 9.32. The second-order valence-electron chi connectivity index (χ2n) is 12.1. The third-order valence-electron chi connectivity index (χ3n) is 9.05. The van der Waals surface area contributed by atoms with Crippen LogP contribution >= 0.6 is 0 Å².